The van der Waals surface area contributed by atoms with E-state index in [1.165, 1.54) is 6.92 Å². The quantitative estimate of drug-likeness (QED) is 0.355. The Morgan fingerprint density at radius 3 is 2.33 bits per heavy atom. The fraction of sp³-hybridized carbons (Fsp3) is 0.889. The lowest BCUT2D eigenvalue weighted by Crippen LogP contribution is -2.58. The maximum Gasteiger partial charge on any atom is 0.379 e. The van der Waals surface area contributed by atoms with Crippen LogP contribution in [-0.2, 0) is 9.36 Å². The summed E-state index contributed by atoms with van der Waals surface area (Å²) in [7, 11) is -4.57. The van der Waals surface area contributed by atoms with Crippen molar-refractivity contribution < 1.29 is 28.9 Å². The molecule has 1 heterocycles. The van der Waals surface area contributed by atoms with Gasteiger partial charge < -0.3 is 24.7 Å². The zero-order chi connectivity index (χ0) is 14.0. The molecular formula is C9H19N2O6P. The van der Waals surface area contributed by atoms with E-state index in [1.54, 1.807) is 4.90 Å². The lowest BCUT2D eigenvalue weighted by atomic mass is 10.4. The maximum atomic E-state index is 12.4. The Bertz CT molecular complexity index is 353. The third kappa shape index (κ3) is 4.31. The van der Waals surface area contributed by atoms with Crippen molar-refractivity contribution in [1.29, 1.82) is 0 Å². The smallest absolute Gasteiger partial charge is 0.379 e. The summed E-state index contributed by atoms with van der Waals surface area (Å²) in [6.45, 7) is 1.99. The number of hydroxylamine groups is 3. The summed E-state index contributed by atoms with van der Waals surface area (Å²) in [5, 5.41) is 21.2. The van der Waals surface area contributed by atoms with Crippen LogP contribution in [0.5, 0.6) is 0 Å². The molecule has 0 aliphatic carbocycles. The van der Waals surface area contributed by atoms with Gasteiger partial charge in [-0.2, -0.15) is 0 Å². The molecule has 0 amide bonds. The van der Waals surface area contributed by atoms with Crippen molar-refractivity contribution in [1.82, 2.24) is 4.90 Å². The fourth-order valence-corrected chi connectivity index (χ4v) is 3.21. The largest absolute Gasteiger partial charge is 0.631 e. The SMILES string of the molecule is CC(N1CCCC1)[N+]([O-])(CC(=O)O)CP(=O)(O)O. The van der Waals surface area contributed by atoms with Crippen LogP contribution in [0, 0.1) is 5.21 Å². The molecule has 1 rings (SSSR count). The number of hydrogen-bond acceptors (Lipinski definition) is 4. The zero-order valence-corrected chi connectivity index (χ0v) is 11.1. The van der Waals surface area contributed by atoms with Crippen LogP contribution < -0.4 is 0 Å². The number of rotatable bonds is 6. The Labute approximate surface area is 105 Å². The summed E-state index contributed by atoms with van der Waals surface area (Å²) < 4.78 is 9.60. The minimum absolute atomic E-state index is 0.657. The molecule has 18 heavy (non-hydrogen) atoms. The van der Waals surface area contributed by atoms with Gasteiger partial charge in [-0.25, -0.2) is 4.79 Å². The average molecular weight is 282 g/mol. The third-order valence-corrected chi connectivity index (χ3v) is 4.02. The molecule has 9 heteroatoms. The van der Waals surface area contributed by atoms with E-state index < -0.39 is 37.2 Å². The number of quaternary nitrogens is 1. The Morgan fingerprint density at radius 1 is 1.44 bits per heavy atom. The van der Waals surface area contributed by atoms with Gasteiger partial charge in [-0.05, 0) is 12.8 Å². The minimum atomic E-state index is -4.57. The van der Waals surface area contributed by atoms with Crippen molar-refractivity contribution in [2.45, 2.75) is 25.9 Å². The first-order valence-corrected chi connectivity index (χ1v) is 7.52. The second-order valence-electron chi connectivity index (χ2n) is 4.69. The van der Waals surface area contributed by atoms with Crippen molar-refractivity contribution >= 4 is 13.6 Å². The zero-order valence-electron chi connectivity index (χ0n) is 10.2. The number of hydrogen-bond donors (Lipinski definition) is 3. The highest BCUT2D eigenvalue weighted by atomic mass is 31.2. The molecule has 1 aliphatic heterocycles. The second kappa shape index (κ2) is 5.64. The average Bonchev–Trinajstić information content (AvgIpc) is 2.64. The number of carbonyl (C=O) groups is 1. The van der Waals surface area contributed by atoms with Crippen LogP contribution >= 0.6 is 7.60 Å². The van der Waals surface area contributed by atoms with Gasteiger partial charge in [-0.1, -0.05) is 0 Å². The van der Waals surface area contributed by atoms with Crippen molar-refractivity contribution in [3.63, 3.8) is 0 Å². The van der Waals surface area contributed by atoms with Crippen LogP contribution in [0.15, 0.2) is 0 Å². The van der Waals surface area contributed by atoms with Gasteiger partial charge in [0.2, 0.25) is 0 Å². The van der Waals surface area contributed by atoms with Gasteiger partial charge in [0, 0.05) is 20.0 Å². The van der Waals surface area contributed by atoms with Crippen LogP contribution in [0.2, 0.25) is 0 Å². The molecule has 0 saturated carbocycles. The van der Waals surface area contributed by atoms with Gasteiger partial charge in [0.1, 0.15) is 6.17 Å². The molecule has 0 radical (unpaired) electrons. The molecule has 3 N–H and O–H groups in total. The van der Waals surface area contributed by atoms with Gasteiger partial charge in [0.15, 0.2) is 12.8 Å². The van der Waals surface area contributed by atoms with E-state index in [4.69, 9.17) is 14.9 Å². The number of aliphatic carboxylic acids is 1. The lowest BCUT2D eigenvalue weighted by molar-refractivity contribution is -0.898. The Hall–Kier alpha value is -0.500. The minimum Gasteiger partial charge on any atom is -0.631 e. The van der Waals surface area contributed by atoms with Crippen LogP contribution in [-0.4, -0.2) is 62.5 Å². The van der Waals surface area contributed by atoms with Gasteiger partial charge >= 0.3 is 13.6 Å². The summed E-state index contributed by atoms with van der Waals surface area (Å²) in [6.07, 6.45) is 0.0497. The highest BCUT2D eigenvalue weighted by Gasteiger charge is 2.38. The first-order valence-electron chi connectivity index (χ1n) is 5.72. The molecule has 1 fully saturated rings. The van der Waals surface area contributed by atoms with Gasteiger partial charge in [0.25, 0.3) is 0 Å². The summed E-state index contributed by atoms with van der Waals surface area (Å²) in [4.78, 5) is 30.4. The molecule has 8 nitrogen and oxygen atoms in total. The predicted molar refractivity (Wildman–Crippen MR) is 63.3 cm³/mol. The van der Waals surface area contributed by atoms with Crippen molar-refractivity contribution in [2.75, 3.05) is 25.9 Å². The predicted octanol–water partition coefficient (Wildman–Crippen LogP) is -0.0374. The highest BCUT2D eigenvalue weighted by Crippen LogP contribution is 2.39. The molecule has 1 aliphatic rings. The van der Waals surface area contributed by atoms with E-state index >= 15 is 0 Å². The van der Waals surface area contributed by atoms with E-state index in [9.17, 15) is 14.6 Å². The molecular weight excluding hydrogens is 263 g/mol. The van der Waals surface area contributed by atoms with Gasteiger partial charge in [0.05, 0.1) is 0 Å². The molecule has 2 atom stereocenters. The van der Waals surface area contributed by atoms with Crippen LogP contribution in [0.1, 0.15) is 19.8 Å². The number of nitrogens with zero attached hydrogens (tertiary/aromatic N) is 2. The molecule has 2 unspecified atom stereocenters. The van der Waals surface area contributed by atoms with Crippen molar-refractivity contribution in [2.24, 2.45) is 0 Å². The van der Waals surface area contributed by atoms with Crippen LogP contribution in [0.25, 0.3) is 0 Å². The Kier molecular flexibility index (Phi) is 4.88. The summed E-state index contributed by atoms with van der Waals surface area (Å²) in [5.41, 5.74) is 0. The topological polar surface area (TPSA) is 121 Å². The molecule has 0 aromatic heterocycles. The maximum absolute atomic E-state index is 12.4. The van der Waals surface area contributed by atoms with Crippen LogP contribution in [0.3, 0.4) is 0 Å². The van der Waals surface area contributed by atoms with Crippen LogP contribution in [0.4, 0.5) is 0 Å². The first-order chi connectivity index (χ1) is 8.14. The van der Waals surface area contributed by atoms with Gasteiger partial charge in [-0.3, -0.25) is 9.46 Å². The summed E-state index contributed by atoms with van der Waals surface area (Å²) in [5.74, 6) is -1.36. The first kappa shape index (κ1) is 15.6. The number of carboxylic acids is 1. The van der Waals surface area contributed by atoms with Gasteiger partial charge in [-0.15, -0.1) is 0 Å². The molecule has 106 valence electrons. The molecule has 1 saturated heterocycles. The number of likely N-dealkylation sites (tertiary alicyclic amines) is 1. The molecule has 0 aromatic carbocycles. The normalized spacial score (nSPS) is 22.7. The van der Waals surface area contributed by atoms with E-state index in [1.807, 2.05) is 0 Å². The van der Waals surface area contributed by atoms with Crippen molar-refractivity contribution in [3.05, 3.63) is 5.21 Å². The van der Waals surface area contributed by atoms with E-state index in [-0.39, 0.29) is 0 Å². The summed E-state index contributed by atoms with van der Waals surface area (Å²) >= 11 is 0. The molecule has 0 spiro atoms. The van der Waals surface area contributed by atoms with E-state index in [0.717, 1.165) is 12.8 Å². The van der Waals surface area contributed by atoms with Crippen molar-refractivity contribution in [3.8, 4) is 0 Å². The number of carboxylic acid groups (broad SMARTS) is 1. The Morgan fingerprint density at radius 2 is 1.94 bits per heavy atom. The Balaban J connectivity index is 2.87. The molecule has 0 aromatic rings. The van der Waals surface area contributed by atoms with E-state index in [0.29, 0.717) is 13.1 Å². The fourth-order valence-electron chi connectivity index (χ4n) is 2.25. The second-order valence-corrected chi connectivity index (χ2v) is 6.30. The summed E-state index contributed by atoms with van der Waals surface area (Å²) in [6, 6.07) is 0. The standard InChI is InChI=1S/C9H19N2O6P/c1-8(10-4-2-3-5-10)11(14,6-9(12)13)7-18(15,16)17/h8H,2-7H2,1H3,(H,12,13)(H2,15,16,17). The monoisotopic (exact) mass is 282 g/mol. The highest BCUT2D eigenvalue weighted by molar-refractivity contribution is 7.51. The van der Waals surface area contributed by atoms with E-state index in [2.05, 4.69) is 0 Å². The third-order valence-electron chi connectivity index (χ3n) is 3.18. The lowest BCUT2D eigenvalue weighted by Gasteiger charge is -2.48. The molecule has 0 bridgehead atoms.